The van der Waals surface area contributed by atoms with Crippen LogP contribution in [0.5, 0.6) is 0 Å². The van der Waals surface area contributed by atoms with Gasteiger partial charge < -0.3 is 15.0 Å². The van der Waals surface area contributed by atoms with E-state index in [9.17, 15) is 9.18 Å². The number of nitrogens with one attached hydrogen (secondary N) is 1. The van der Waals surface area contributed by atoms with Crippen LogP contribution >= 0.6 is 12.4 Å². The first-order valence-electron chi connectivity index (χ1n) is 9.48. The molecule has 0 unspecified atom stereocenters. The van der Waals surface area contributed by atoms with Gasteiger partial charge in [-0.25, -0.2) is 4.39 Å². The summed E-state index contributed by atoms with van der Waals surface area (Å²) < 4.78 is 19.4. The average Bonchev–Trinajstić information content (AvgIpc) is 3.10. The van der Waals surface area contributed by atoms with Crippen molar-refractivity contribution in [1.82, 2.24) is 10.2 Å². The molecule has 3 heterocycles. The summed E-state index contributed by atoms with van der Waals surface area (Å²) in [7, 11) is 0. The van der Waals surface area contributed by atoms with Crippen LogP contribution in [0.25, 0.3) is 0 Å². The van der Waals surface area contributed by atoms with Crippen molar-refractivity contribution in [2.75, 3.05) is 39.4 Å². The van der Waals surface area contributed by atoms with Crippen molar-refractivity contribution in [3.8, 4) is 0 Å². The first-order chi connectivity index (χ1) is 12.1. The number of likely N-dealkylation sites (tertiary alicyclic amines) is 1. The van der Waals surface area contributed by atoms with Crippen LogP contribution in [0, 0.1) is 11.2 Å². The van der Waals surface area contributed by atoms with Gasteiger partial charge in [-0.1, -0.05) is 12.1 Å². The van der Waals surface area contributed by atoms with E-state index in [0.29, 0.717) is 31.5 Å². The monoisotopic (exact) mass is 382 g/mol. The molecule has 3 aliphatic rings. The highest BCUT2D eigenvalue weighted by molar-refractivity contribution is 5.88. The minimum atomic E-state index is -0.626. The summed E-state index contributed by atoms with van der Waals surface area (Å²) in [5.74, 6) is -0.104. The molecule has 1 spiro atoms. The topological polar surface area (TPSA) is 41.6 Å². The zero-order chi connectivity index (χ0) is 17.3. The van der Waals surface area contributed by atoms with Crippen LogP contribution in [0.2, 0.25) is 0 Å². The summed E-state index contributed by atoms with van der Waals surface area (Å²) in [6, 6.07) is 6.59. The second kappa shape index (κ2) is 7.83. The summed E-state index contributed by atoms with van der Waals surface area (Å²) in [6.07, 6.45) is 4.64. The Morgan fingerprint density at radius 3 is 2.46 bits per heavy atom. The molecule has 0 atom stereocenters. The Kier molecular flexibility index (Phi) is 5.90. The predicted octanol–water partition coefficient (Wildman–Crippen LogP) is 2.90. The zero-order valence-electron chi connectivity index (χ0n) is 15.1. The maximum Gasteiger partial charge on any atom is 0.233 e. The number of ether oxygens (including phenoxy) is 1. The lowest BCUT2D eigenvalue weighted by Crippen LogP contribution is -2.53. The molecule has 0 saturated carbocycles. The number of piperidine rings is 1. The molecule has 1 aromatic rings. The van der Waals surface area contributed by atoms with Gasteiger partial charge in [0.25, 0.3) is 0 Å². The first-order valence-corrected chi connectivity index (χ1v) is 9.48. The minimum Gasteiger partial charge on any atom is -0.381 e. The van der Waals surface area contributed by atoms with Gasteiger partial charge in [-0.05, 0) is 61.8 Å². The molecule has 4 nitrogen and oxygen atoms in total. The number of halogens is 2. The largest absolute Gasteiger partial charge is 0.381 e. The molecule has 6 heteroatoms. The molecule has 3 aliphatic heterocycles. The van der Waals surface area contributed by atoms with Crippen molar-refractivity contribution < 1.29 is 13.9 Å². The number of carbonyl (C=O) groups is 1. The van der Waals surface area contributed by atoms with Gasteiger partial charge in [0.1, 0.15) is 5.82 Å². The highest BCUT2D eigenvalue weighted by Crippen LogP contribution is 2.41. The van der Waals surface area contributed by atoms with Gasteiger partial charge in [-0.15, -0.1) is 12.4 Å². The number of amides is 1. The first kappa shape index (κ1) is 19.6. The highest BCUT2D eigenvalue weighted by Gasteiger charge is 2.46. The quantitative estimate of drug-likeness (QED) is 0.855. The van der Waals surface area contributed by atoms with Gasteiger partial charge in [0, 0.05) is 32.8 Å². The molecular formula is C20H28ClFN2O2. The van der Waals surface area contributed by atoms with E-state index >= 15 is 0 Å². The fourth-order valence-electron chi connectivity index (χ4n) is 4.84. The van der Waals surface area contributed by atoms with E-state index in [1.807, 2.05) is 11.0 Å². The zero-order valence-corrected chi connectivity index (χ0v) is 16.0. The maximum absolute atomic E-state index is 13.8. The Labute approximate surface area is 160 Å². The number of rotatable bonds is 2. The van der Waals surface area contributed by atoms with Crippen molar-refractivity contribution in [3.05, 3.63) is 35.6 Å². The second-order valence-electron chi connectivity index (χ2n) is 7.92. The fourth-order valence-corrected chi connectivity index (χ4v) is 4.84. The summed E-state index contributed by atoms with van der Waals surface area (Å²) in [6.45, 7) is 4.93. The second-order valence-corrected chi connectivity index (χ2v) is 7.92. The van der Waals surface area contributed by atoms with E-state index in [4.69, 9.17) is 4.74 Å². The molecular weight excluding hydrogens is 355 g/mol. The van der Waals surface area contributed by atoms with Crippen molar-refractivity contribution in [2.24, 2.45) is 5.41 Å². The van der Waals surface area contributed by atoms with E-state index < -0.39 is 5.41 Å². The van der Waals surface area contributed by atoms with Crippen molar-refractivity contribution in [3.63, 3.8) is 0 Å². The molecule has 0 radical (unpaired) electrons. The lowest BCUT2D eigenvalue weighted by atomic mass is 9.71. The lowest BCUT2D eigenvalue weighted by molar-refractivity contribution is -0.143. The third-order valence-electron chi connectivity index (χ3n) is 6.58. The SMILES string of the molecule is Cl.O=C(N1CCC2(CCNC2)CC1)C1(c2cccc(F)c2)CCOCC1. The van der Waals surface area contributed by atoms with E-state index in [0.717, 1.165) is 44.6 Å². The van der Waals surface area contributed by atoms with Gasteiger partial charge in [-0.2, -0.15) is 0 Å². The molecule has 3 saturated heterocycles. The third-order valence-corrected chi connectivity index (χ3v) is 6.58. The molecule has 4 rings (SSSR count). The Bertz CT molecular complexity index is 632. The number of nitrogens with zero attached hydrogens (tertiary/aromatic N) is 1. The number of hydrogen-bond acceptors (Lipinski definition) is 3. The fraction of sp³-hybridized carbons (Fsp3) is 0.650. The van der Waals surface area contributed by atoms with E-state index in [-0.39, 0.29) is 24.1 Å². The number of carbonyl (C=O) groups excluding carboxylic acids is 1. The molecule has 0 aliphatic carbocycles. The third kappa shape index (κ3) is 3.49. The molecule has 0 aromatic heterocycles. The molecule has 3 fully saturated rings. The Morgan fingerprint density at radius 1 is 1.12 bits per heavy atom. The molecule has 1 aromatic carbocycles. The normalized spacial score (nSPS) is 24.3. The molecule has 1 N–H and O–H groups in total. The van der Waals surface area contributed by atoms with Gasteiger partial charge in [-0.3, -0.25) is 4.79 Å². The van der Waals surface area contributed by atoms with Crippen molar-refractivity contribution in [2.45, 2.75) is 37.5 Å². The van der Waals surface area contributed by atoms with Gasteiger partial charge in [0.15, 0.2) is 0 Å². The lowest BCUT2D eigenvalue weighted by Gasteiger charge is -2.44. The molecule has 144 valence electrons. The molecule has 0 bridgehead atoms. The molecule has 26 heavy (non-hydrogen) atoms. The standard InChI is InChI=1S/C20H27FN2O2.ClH/c21-17-3-1-2-16(14-17)20(7-12-25-13-8-20)18(24)23-10-5-19(6-11-23)4-9-22-15-19;/h1-3,14,22H,4-13,15H2;1H. The highest BCUT2D eigenvalue weighted by atomic mass is 35.5. The summed E-state index contributed by atoms with van der Waals surface area (Å²) >= 11 is 0. The van der Waals surface area contributed by atoms with Gasteiger partial charge >= 0.3 is 0 Å². The summed E-state index contributed by atoms with van der Waals surface area (Å²) in [5.41, 5.74) is 0.570. The Hall–Kier alpha value is -1.17. The van der Waals surface area contributed by atoms with E-state index in [1.165, 1.54) is 18.6 Å². The van der Waals surface area contributed by atoms with Crippen LogP contribution in [0.4, 0.5) is 4.39 Å². The van der Waals surface area contributed by atoms with Crippen molar-refractivity contribution >= 4 is 18.3 Å². The molecule has 1 amide bonds. The average molecular weight is 383 g/mol. The van der Waals surface area contributed by atoms with Crippen LogP contribution in [0.15, 0.2) is 24.3 Å². The summed E-state index contributed by atoms with van der Waals surface area (Å²) in [4.78, 5) is 15.6. The predicted molar refractivity (Wildman–Crippen MR) is 101 cm³/mol. The van der Waals surface area contributed by atoms with Crippen LogP contribution in [0.1, 0.15) is 37.7 Å². The Morgan fingerprint density at radius 2 is 1.85 bits per heavy atom. The van der Waals surface area contributed by atoms with Crippen LogP contribution in [-0.2, 0) is 14.9 Å². The van der Waals surface area contributed by atoms with Gasteiger partial charge in [0.05, 0.1) is 5.41 Å². The van der Waals surface area contributed by atoms with Crippen LogP contribution in [-0.4, -0.2) is 50.2 Å². The van der Waals surface area contributed by atoms with Crippen LogP contribution < -0.4 is 5.32 Å². The van der Waals surface area contributed by atoms with Gasteiger partial charge in [0.2, 0.25) is 5.91 Å². The van der Waals surface area contributed by atoms with E-state index in [2.05, 4.69) is 5.32 Å². The maximum atomic E-state index is 13.8. The summed E-state index contributed by atoms with van der Waals surface area (Å²) in [5, 5.41) is 3.47. The minimum absolute atomic E-state index is 0. The Balaban J connectivity index is 0.00000196. The smallest absolute Gasteiger partial charge is 0.233 e. The number of hydrogen-bond donors (Lipinski definition) is 1. The number of benzene rings is 1. The van der Waals surface area contributed by atoms with E-state index in [1.54, 1.807) is 6.07 Å². The van der Waals surface area contributed by atoms with Crippen molar-refractivity contribution in [1.29, 1.82) is 0 Å². The van der Waals surface area contributed by atoms with Crippen LogP contribution in [0.3, 0.4) is 0 Å².